The number of hydrogen-bond donors (Lipinski definition) is 0. The Labute approximate surface area is 145 Å². The lowest BCUT2D eigenvalue weighted by molar-refractivity contribution is 0.104. The van der Waals surface area contributed by atoms with Crippen LogP contribution in [0.3, 0.4) is 0 Å². The number of aromatic nitrogens is 3. The van der Waals surface area contributed by atoms with Gasteiger partial charge in [0, 0.05) is 5.56 Å². The lowest BCUT2D eigenvalue weighted by Gasteiger charge is -2.01. The average molecular weight is 325 g/mol. The summed E-state index contributed by atoms with van der Waals surface area (Å²) in [5.41, 5.74) is 2.57. The highest BCUT2D eigenvalue weighted by atomic mass is 16.1. The Hall–Kier alpha value is -3.53. The molecule has 0 saturated heterocycles. The molecule has 4 aromatic rings. The number of allylic oxidation sites excluding steroid dienone is 1. The summed E-state index contributed by atoms with van der Waals surface area (Å²) in [4.78, 5) is 16.3. The first-order valence-corrected chi connectivity index (χ1v) is 7.96. The first-order valence-electron chi connectivity index (χ1n) is 7.96. The van der Waals surface area contributed by atoms with Gasteiger partial charge in [0.1, 0.15) is 12.7 Å². The fourth-order valence-electron chi connectivity index (χ4n) is 2.69. The van der Waals surface area contributed by atoms with Crippen LogP contribution in [0.25, 0.3) is 22.5 Å². The fraction of sp³-hybridized carbons (Fsp3) is 0. The maximum absolute atomic E-state index is 12.4. The Morgan fingerprint density at radius 2 is 1.72 bits per heavy atom. The predicted octanol–water partition coefficient (Wildman–Crippen LogP) is 4.32. The summed E-state index contributed by atoms with van der Waals surface area (Å²) in [7, 11) is 0. The van der Waals surface area contributed by atoms with E-state index >= 15 is 0 Å². The average Bonchev–Trinajstić information content (AvgIpc) is 3.21. The number of rotatable bonds is 4. The standard InChI is InChI=1S/C21H15N3O/c25-21(19-9-8-17-3-1-2-4-18(17)13-19)12-7-16-5-10-20(11-6-16)24-15-22-14-23-24/h1-15H. The summed E-state index contributed by atoms with van der Waals surface area (Å²) in [5.74, 6) is -0.00824. The highest BCUT2D eigenvalue weighted by Crippen LogP contribution is 2.17. The molecule has 0 unspecified atom stereocenters. The van der Waals surface area contributed by atoms with Gasteiger partial charge >= 0.3 is 0 Å². The van der Waals surface area contributed by atoms with E-state index in [9.17, 15) is 4.79 Å². The van der Waals surface area contributed by atoms with Crippen LogP contribution >= 0.6 is 0 Å². The van der Waals surface area contributed by atoms with Crippen LogP contribution < -0.4 is 0 Å². The normalized spacial score (nSPS) is 11.2. The molecule has 3 aromatic carbocycles. The Bertz CT molecular complexity index is 1050. The van der Waals surface area contributed by atoms with Crippen molar-refractivity contribution in [3.05, 3.63) is 96.6 Å². The molecule has 0 saturated carbocycles. The molecular weight excluding hydrogens is 310 g/mol. The van der Waals surface area contributed by atoms with Crippen molar-refractivity contribution < 1.29 is 4.79 Å². The van der Waals surface area contributed by atoms with E-state index in [1.807, 2.05) is 72.8 Å². The predicted molar refractivity (Wildman–Crippen MR) is 98.7 cm³/mol. The second-order valence-corrected chi connectivity index (χ2v) is 5.69. The van der Waals surface area contributed by atoms with Crippen LogP contribution in [-0.2, 0) is 0 Å². The molecule has 1 heterocycles. The summed E-state index contributed by atoms with van der Waals surface area (Å²) in [6, 6.07) is 21.6. The summed E-state index contributed by atoms with van der Waals surface area (Å²) in [6.07, 6.45) is 6.57. The van der Waals surface area contributed by atoms with E-state index in [-0.39, 0.29) is 5.78 Å². The van der Waals surface area contributed by atoms with E-state index in [4.69, 9.17) is 0 Å². The molecule has 1 aromatic heterocycles. The van der Waals surface area contributed by atoms with Crippen LogP contribution in [0.15, 0.2) is 85.5 Å². The molecule has 0 N–H and O–H groups in total. The molecular formula is C21H15N3O. The SMILES string of the molecule is O=C(C=Cc1ccc(-n2cncn2)cc1)c1ccc2ccccc2c1. The fourth-order valence-corrected chi connectivity index (χ4v) is 2.69. The number of carbonyl (C=O) groups excluding carboxylic acids is 1. The molecule has 0 aliphatic rings. The molecule has 25 heavy (non-hydrogen) atoms. The third-order valence-electron chi connectivity index (χ3n) is 4.04. The van der Waals surface area contributed by atoms with Crippen molar-refractivity contribution in [1.29, 1.82) is 0 Å². The molecule has 0 radical (unpaired) electrons. The second kappa shape index (κ2) is 6.53. The quantitative estimate of drug-likeness (QED) is 0.415. The van der Waals surface area contributed by atoms with Gasteiger partial charge in [-0.3, -0.25) is 4.79 Å². The van der Waals surface area contributed by atoms with Gasteiger partial charge in [0.05, 0.1) is 5.69 Å². The minimum absolute atomic E-state index is 0.00824. The number of ketones is 1. The summed E-state index contributed by atoms with van der Waals surface area (Å²) >= 11 is 0. The third kappa shape index (κ3) is 3.23. The topological polar surface area (TPSA) is 47.8 Å². The monoisotopic (exact) mass is 325 g/mol. The minimum Gasteiger partial charge on any atom is -0.289 e. The number of fused-ring (bicyclic) bond motifs is 1. The maximum Gasteiger partial charge on any atom is 0.185 e. The van der Waals surface area contributed by atoms with Gasteiger partial charge in [-0.05, 0) is 40.6 Å². The molecule has 0 bridgehead atoms. The molecule has 4 heteroatoms. The van der Waals surface area contributed by atoms with E-state index in [1.54, 1.807) is 17.1 Å². The van der Waals surface area contributed by atoms with E-state index < -0.39 is 0 Å². The first kappa shape index (κ1) is 15.0. The van der Waals surface area contributed by atoms with E-state index in [1.165, 1.54) is 6.33 Å². The molecule has 0 amide bonds. The van der Waals surface area contributed by atoms with Gasteiger partial charge in [-0.1, -0.05) is 54.6 Å². The Kier molecular flexibility index (Phi) is 3.92. The van der Waals surface area contributed by atoms with Gasteiger partial charge in [-0.25, -0.2) is 9.67 Å². The van der Waals surface area contributed by atoms with Gasteiger partial charge in [-0.2, -0.15) is 5.10 Å². The number of carbonyl (C=O) groups is 1. The van der Waals surface area contributed by atoms with Crippen LogP contribution in [0.1, 0.15) is 15.9 Å². The van der Waals surface area contributed by atoms with Crippen molar-refractivity contribution in [2.75, 3.05) is 0 Å². The van der Waals surface area contributed by atoms with Gasteiger partial charge in [-0.15, -0.1) is 0 Å². The van der Waals surface area contributed by atoms with E-state index in [0.29, 0.717) is 5.56 Å². The van der Waals surface area contributed by atoms with Crippen LogP contribution in [0.5, 0.6) is 0 Å². The second-order valence-electron chi connectivity index (χ2n) is 5.69. The van der Waals surface area contributed by atoms with Crippen molar-refractivity contribution >= 4 is 22.6 Å². The molecule has 4 nitrogen and oxygen atoms in total. The zero-order valence-corrected chi connectivity index (χ0v) is 13.4. The zero-order valence-electron chi connectivity index (χ0n) is 13.4. The van der Waals surface area contributed by atoms with E-state index in [0.717, 1.165) is 22.0 Å². The largest absolute Gasteiger partial charge is 0.289 e. The molecule has 4 rings (SSSR count). The number of hydrogen-bond acceptors (Lipinski definition) is 3. The van der Waals surface area contributed by atoms with Crippen molar-refractivity contribution in [2.24, 2.45) is 0 Å². The number of nitrogens with zero attached hydrogens (tertiary/aromatic N) is 3. The first-order chi connectivity index (χ1) is 12.3. The lowest BCUT2D eigenvalue weighted by atomic mass is 10.0. The van der Waals surface area contributed by atoms with Gasteiger partial charge in [0.25, 0.3) is 0 Å². The third-order valence-corrected chi connectivity index (χ3v) is 4.04. The molecule has 0 aliphatic carbocycles. The van der Waals surface area contributed by atoms with Crippen molar-refractivity contribution in [3.8, 4) is 5.69 Å². The summed E-state index contributed by atoms with van der Waals surface area (Å²) < 4.78 is 1.69. The number of benzene rings is 3. The van der Waals surface area contributed by atoms with Gasteiger partial charge < -0.3 is 0 Å². The van der Waals surface area contributed by atoms with Gasteiger partial charge in [0.2, 0.25) is 0 Å². The summed E-state index contributed by atoms with van der Waals surface area (Å²) in [6.45, 7) is 0. The van der Waals surface area contributed by atoms with E-state index in [2.05, 4.69) is 10.1 Å². The van der Waals surface area contributed by atoms with Crippen LogP contribution in [0.2, 0.25) is 0 Å². The highest BCUT2D eigenvalue weighted by molar-refractivity contribution is 6.08. The van der Waals surface area contributed by atoms with Crippen LogP contribution in [-0.4, -0.2) is 20.5 Å². The molecule has 0 fully saturated rings. The lowest BCUT2D eigenvalue weighted by Crippen LogP contribution is -1.94. The minimum atomic E-state index is -0.00824. The Morgan fingerprint density at radius 3 is 2.48 bits per heavy atom. The smallest absolute Gasteiger partial charge is 0.185 e. The van der Waals surface area contributed by atoms with Crippen LogP contribution in [0.4, 0.5) is 0 Å². The molecule has 120 valence electrons. The maximum atomic E-state index is 12.4. The van der Waals surface area contributed by atoms with Crippen LogP contribution in [0, 0.1) is 0 Å². The van der Waals surface area contributed by atoms with Crippen molar-refractivity contribution in [3.63, 3.8) is 0 Å². The van der Waals surface area contributed by atoms with Crippen molar-refractivity contribution in [2.45, 2.75) is 0 Å². The molecule has 0 atom stereocenters. The van der Waals surface area contributed by atoms with Gasteiger partial charge in [0.15, 0.2) is 5.78 Å². The summed E-state index contributed by atoms with van der Waals surface area (Å²) in [5, 5.41) is 6.29. The Balaban J connectivity index is 1.53. The highest BCUT2D eigenvalue weighted by Gasteiger charge is 2.03. The van der Waals surface area contributed by atoms with Crippen molar-refractivity contribution in [1.82, 2.24) is 14.8 Å². The zero-order chi connectivity index (χ0) is 17.1. The molecule has 0 aliphatic heterocycles. The molecule has 0 spiro atoms. The Morgan fingerprint density at radius 1 is 0.920 bits per heavy atom.